The molecule has 1 saturated heterocycles. The topological polar surface area (TPSA) is 57.3 Å². The second-order valence-electron chi connectivity index (χ2n) is 9.45. The van der Waals surface area contributed by atoms with Crippen LogP contribution in [0.1, 0.15) is 39.2 Å². The van der Waals surface area contributed by atoms with Crippen molar-refractivity contribution in [2.24, 2.45) is 0 Å². The molecule has 0 unspecified atom stereocenters. The lowest BCUT2D eigenvalue weighted by Crippen LogP contribution is -2.42. The van der Waals surface area contributed by atoms with Gasteiger partial charge in [-0.2, -0.15) is 0 Å². The molecule has 2 heterocycles. The molecular formula is C30H32N4OS. The summed E-state index contributed by atoms with van der Waals surface area (Å²) in [5, 5.41) is 6.79. The second kappa shape index (κ2) is 11.1. The highest BCUT2D eigenvalue weighted by molar-refractivity contribution is 7.10. The molecule has 0 spiro atoms. The third-order valence-corrected chi connectivity index (χ3v) is 7.68. The van der Waals surface area contributed by atoms with Gasteiger partial charge in [0.2, 0.25) is 0 Å². The number of amides is 1. The van der Waals surface area contributed by atoms with Gasteiger partial charge < -0.3 is 15.5 Å². The molecule has 1 fully saturated rings. The molecule has 36 heavy (non-hydrogen) atoms. The van der Waals surface area contributed by atoms with E-state index in [2.05, 4.69) is 56.9 Å². The van der Waals surface area contributed by atoms with Gasteiger partial charge in [-0.3, -0.25) is 4.79 Å². The number of carbonyl (C=O) groups excluding carboxylic acids is 1. The van der Waals surface area contributed by atoms with Gasteiger partial charge in [0, 0.05) is 53.1 Å². The second-order valence-corrected chi connectivity index (χ2v) is 10.4. The molecule has 2 N–H and O–H groups in total. The number of anilines is 2. The Bertz CT molecular complexity index is 1310. The standard InChI is InChI=1S/C30H32N4OS/c1-21-8-13-27(22(2)18-21)30(35)33-25-9-11-26(12-10-25)34-16-14-24(15-17-34)31-19-28-29(32-20-36-28)23-6-4-3-5-7-23/h3-13,18,20,24,31H,14-17,19H2,1-2H3,(H,33,35). The summed E-state index contributed by atoms with van der Waals surface area (Å²) in [6, 6.07) is 25.0. The molecule has 3 aromatic carbocycles. The quantitative estimate of drug-likeness (QED) is 0.309. The summed E-state index contributed by atoms with van der Waals surface area (Å²) >= 11 is 1.72. The lowest BCUT2D eigenvalue weighted by Gasteiger charge is -2.34. The van der Waals surface area contributed by atoms with Crippen LogP contribution >= 0.6 is 11.3 Å². The summed E-state index contributed by atoms with van der Waals surface area (Å²) in [5.41, 5.74) is 9.10. The van der Waals surface area contributed by atoms with Crippen LogP contribution in [-0.2, 0) is 6.54 Å². The van der Waals surface area contributed by atoms with E-state index in [4.69, 9.17) is 0 Å². The van der Waals surface area contributed by atoms with E-state index in [1.54, 1.807) is 11.3 Å². The molecule has 1 amide bonds. The normalized spacial score (nSPS) is 14.1. The predicted octanol–water partition coefficient (Wildman–Crippen LogP) is 6.44. The Morgan fingerprint density at radius 1 is 1.00 bits per heavy atom. The van der Waals surface area contributed by atoms with Crippen molar-refractivity contribution in [2.45, 2.75) is 39.3 Å². The van der Waals surface area contributed by atoms with Crippen LogP contribution in [0.15, 0.2) is 78.3 Å². The number of hydrogen-bond donors (Lipinski definition) is 2. The van der Waals surface area contributed by atoms with Crippen LogP contribution in [0.4, 0.5) is 11.4 Å². The molecule has 5 nitrogen and oxygen atoms in total. The number of benzene rings is 3. The van der Waals surface area contributed by atoms with Crippen LogP contribution in [0.3, 0.4) is 0 Å². The Morgan fingerprint density at radius 3 is 2.47 bits per heavy atom. The maximum absolute atomic E-state index is 12.7. The number of carbonyl (C=O) groups is 1. The number of nitrogens with zero attached hydrogens (tertiary/aromatic N) is 2. The first kappa shape index (κ1) is 24.2. The third-order valence-electron chi connectivity index (χ3n) is 6.85. The molecule has 0 saturated carbocycles. The van der Waals surface area contributed by atoms with Gasteiger partial charge in [-0.25, -0.2) is 4.98 Å². The fraction of sp³-hybridized carbons (Fsp3) is 0.267. The van der Waals surface area contributed by atoms with Crippen LogP contribution in [0.25, 0.3) is 11.3 Å². The smallest absolute Gasteiger partial charge is 0.255 e. The van der Waals surface area contributed by atoms with E-state index in [1.165, 1.54) is 16.1 Å². The van der Waals surface area contributed by atoms with Gasteiger partial charge >= 0.3 is 0 Å². The SMILES string of the molecule is Cc1ccc(C(=O)Nc2ccc(N3CCC(NCc4scnc4-c4ccccc4)CC3)cc2)c(C)c1. The highest BCUT2D eigenvalue weighted by atomic mass is 32.1. The molecule has 5 rings (SSSR count). The maximum Gasteiger partial charge on any atom is 0.255 e. The first-order valence-corrected chi connectivity index (χ1v) is 13.4. The number of rotatable bonds is 7. The van der Waals surface area contributed by atoms with Gasteiger partial charge in [-0.15, -0.1) is 11.3 Å². The molecule has 1 aliphatic rings. The minimum atomic E-state index is -0.0662. The lowest BCUT2D eigenvalue weighted by atomic mass is 10.0. The van der Waals surface area contributed by atoms with Crippen LogP contribution in [0.2, 0.25) is 0 Å². The number of hydrogen-bond acceptors (Lipinski definition) is 5. The Balaban J connectivity index is 1.12. The van der Waals surface area contributed by atoms with Crippen molar-refractivity contribution in [1.29, 1.82) is 0 Å². The summed E-state index contributed by atoms with van der Waals surface area (Å²) in [4.78, 5) is 21.0. The average molecular weight is 497 g/mol. The predicted molar refractivity (Wildman–Crippen MR) is 150 cm³/mol. The highest BCUT2D eigenvalue weighted by Gasteiger charge is 2.20. The molecule has 0 aliphatic carbocycles. The fourth-order valence-corrected chi connectivity index (χ4v) is 5.56. The Hall–Kier alpha value is -3.48. The van der Waals surface area contributed by atoms with E-state index in [9.17, 15) is 4.79 Å². The molecular weight excluding hydrogens is 464 g/mol. The molecule has 1 aromatic heterocycles. The molecule has 1 aliphatic heterocycles. The molecule has 0 radical (unpaired) electrons. The Labute approximate surface area is 217 Å². The molecule has 4 aromatic rings. The molecule has 184 valence electrons. The van der Waals surface area contributed by atoms with Crippen molar-refractivity contribution >= 4 is 28.6 Å². The van der Waals surface area contributed by atoms with Crippen molar-refractivity contribution < 1.29 is 4.79 Å². The van der Waals surface area contributed by atoms with Gasteiger partial charge in [0.15, 0.2) is 0 Å². The van der Waals surface area contributed by atoms with Gasteiger partial charge in [-0.05, 0) is 62.6 Å². The minimum absolute atomic E-state index is 0.0662. The lowest BCUT2D eigenvalue weighted by molar-refractivity contribution is 0.102. The Kier molecular flexibility index (Phi) is 7.44. The summed E-state index contributed by atoms with van der Waals surface area (Å²) in [6.45, 7) is 6.90. The van der Waals surface area contributed by atoms with Crippen LogP contribution < -0.4 is 15.5 Å². The van der Waals surface area contributed by atoms with Crippen molar-refractivity contribution in [2.75, 3.05) is 23.3 Å². The monoisotopic (exact) mass is 496 g/mol. The van der Waals surface area contributed by atoms with Crippen molar-refractivity contribution in [3.63, 3.8) is 0 Å². The van der Waals surface area contributed by atoms with Crippen LogP contribution in [-0.4, -0.2) is 30.0 Å². The summed E-state index contributed by atoms with van der Waals surface area (Å²) in [7, 11) is 0. The van der Waals surface area contributed by atoms with Gasteiger partial charge in [0.05, 0.1) is 11.2 Å². The number of nitrogens with one attached hydrogen (secondary N) is 2. The maximum atomic E-state index is 12.7. The molecule has 0 bridgehead atoms. The minimum Gasteiger partial charge on any atom is -0.371 e. The Morgan fingerprint density at radius 2 is 1.75 bits per heavy atom. The first-order valence-electron chi connectivity index (χ1n) is 12.5. The zero-order valence-electron chi connectivity index (χ0n) is 20.8. The van der Waals surface area contributed by atoms with Crippen LogP contribution in [0, 0.1) is 13.8 Å². The zero-order chi connectivity index (χ0) is 24.9. The van der Waals surface area contributed by atoms with Crippen molar-refractivity contribution in [3.05, 3.63) is 99.9 Å². The van der Waals surface area contributed by atoms with Crippen molar-refractivity contribution in [3.8, 4) is 11.3 Å². The molecule has 6 heteroatoms. The van der Waals surface area contributed by atoms with Gasteiger partial charge in [-0.1, -0.05) is 48.0 Å². The van der Waals surface area contributed by atoms with E-state index in [1.807, 2.05) is 55.8 Å². The summed E-state index contributed by atoms with van der Waals surface area (Å²) in [5.74, 6) is -0.0662. The molecule has 0 atom stereocenters. The highest BCUT2D eigenvalue weighted by Crippen LogP contribution is 2.26. The summed E-state index contributed by atoms with van der Waals surface area (Å²) in [6.07, 6.45) is 2.20. The van der Waals surface area contributed by atoms with Gasteiger partial charge in [0.1, 0.15) is 0 Å². The third kappa shape index (κ3) is 5.66. The fourth-order valence-electron chi connectivity index (χ4n) is 4.83. The first-order chi connectivity index (χ1) is 17.6. The van der Waals surface area contributed by atoms with E-state index in [-0.39, 0.29) is 5.91 Å². The van der Waals surface area contributed by atoms with Gasteiger partial charge in [0.25, 0.3) is 5.91 Å². The zero-order valence-corrected chi connectivity index (χ0v) is 21.6. The average Bonchev–Trinajstić information content (AvgIpc) is 3.37. The summed E-state index contributed by atoms with van der Waals surface area (Å²) < 4.78 is 0. The van der Waals surface area contributed by atoms with E-state index in [0.717, 1.165) is 55.0 Å². The van der Waals surface area contributed by atoms with E-state index >= 15 is 0 Å². The number of piperidine rings is 1. The van der Waals surface area contributed by atoms with Crippen molar-refractivity contribution in [1.82, 2.24) is 10.3 Å². The number of thiazole rings is 1. The van der Waals surface area contributed by atoms with E-state index < -0.39 is 0 Å². The number of aryl methyl sites for hydroxylation is 2. The number of aromatic nitrogens is 1. The largest absolute Gasteiger partial charge is 0.371 e. The van der Waals surface area contributed by atoms with Crippen LogP contribution in [0.5, 0.6) is 0 Å². The van der Waals surface area contributed by atoms with E-state index in [0.29, 0.717) is 11.6 Å².